The van der Waals surface area contributed by atoms with E-state index in [1.807, 2.05) is 13.8 Å². The van der Waals surface area contributed by atoms with Gasteiger partial charge in [0.1, 0.15) is 0 Å². The maximum Gasteiger partial charge on any atom is 0.307 e. The molecule has 5 nitrogen and oxygen atoms in total. The van der Waals surface area contributed by atoms with Crippen LogP contribution < -0.4 is 5.32 Å². The highest BCUT2D eigenvalue weighted by molar-refractivity contribution is 5.91. The van der Waals surface area contributed by atoms with Crippen molar-refractivity contribution in [3.8, 4) is 0 Å². The number of rotatable bonds is 7. The molecular formula is C14H24N2O3. The van der Waals surface area contributed by atoms with Crippen LogP contribution in [0, 0.1) is 17.3 Å². The van der Waals surface area contributed by atoms with Crippen LogP contribution in [0.25, 0.3) is 0 Å². The van der Waals surface area contributed by atoms with E-state index in [0.29, 0.717) is 12.6 Å². The Hall–Kier alpha value is -1.10. The maximum absolute atomic E-state index is 12.0. The number of hydrogen-bond acceptors (Lipinski definition) is 3. The van der Waals surface area contributed by atoms with Crippen LogP contribution in [0.2, 0.25) is 0 Å². The van der Waals surface area contributed by atoms with Crippen molar-refractivity contribution < 1.29 is 14.7 Å². The summed E-state index contributed by atoms with van der Waals surface area (Å²) in [4.78, 5) is 25.4. The number of hydrogen-bond donors (Lipinski definition) is 2. The van der Waals surface area contributed by atoms with E-state index in [1.54, 1.807) is 0 Å². The summed E-state index contributed by atoms with van der Waals surface area (Å²) in [6.07, 6.45) is 2.52. The molecule has 5 heteroatoms. The number of nitrogens with one attached hydrogen (secondary N) is 1. The molecule has 0 saturated heterocycles. The molecule has 2 fully saturated rings. The van der Waals surface area contributed by atoms with E-state index in [1.165, 1.54) is 12.8 Å². The Labute approximate surface area is 114 Å². The summed E-state index contributed by atoms with van der Waals surface area (Å²) in [5.74, 6) is -1.87. The van der Waals surface area contributed by atoms with Gasteiger partial charge in [-0.2, -0.15) is 0 Å². The lowest BCUT2D eigenvalue weighted by atomic mass is 10.1. The number of carbonyl (C=O) groups is 2. The Kier molecular flexibility index (Phi) is 3.85. The summed E-state index contributed by atoms with van der Waals surface area (Å²) >= 11 is 0. The molecule has 0 bridgehead atoms. The molecule has 108 valence electrons. The molecule has 2 rings (SSSR count). The van der Waals surface area contributed by atoms with Crippen LogP contribution >= 0.6 is 0 Å². The van der Waals surface area contributed by atoms with Crippen molar-refractivity contribution in [3.63, 3.8) is 0 Å². The maximum atomic E-state index is 12.0. The Morgan fingerprint density at radius 1 is 1.32 bits per heavy atom. The first-order valence-corrected chi connectivity index (χ1v) is 7.14. The van der Waals surface area contributed by atoms with Crippen molar-refractivity contribution in [1.82, 2.24) is 10.2 Å². The predicted octanol–water partition coefficient (Wildman–Crippen LogP) is 0.944. The van der Waals surface area contributed by atoms with Gasteiger partial charge in [0.15, 0.2) is 0 Å². The van der Waals surface area contributed by atoms with Gasteiger partial charge < -0.3 is 10.4 Å². The van der Waals surface area contributed by atoms with Crippen LogP contribution in [0.4, 0.5) is 0 Å². The van der Waals surface area contributed by atoms with Gasteiger partial charge in [-0.1, -0.05) is 20.8 Å². The molecule has 0 aromatic carbocycles. The average molecular weight is 268 g/mol. The summed E-state index contributed by atoms with van der Waals surface area (Å²) < 4.78 is 0. The molecule has 2 atom stereocenters. The van der Waals surface area contributed by atoms with Gasteiger partial charge in [0.05, 0.1) is 11.8 Å². The van der Waals surface area contributed by atoms with Crippen molar-refractivity contribution in [2.75, 3.05) is 19.6 Å². The van der Waals surface area contributed by atoms with E-state index < -0.39 is 17.3 Å². The molecule has 0 aromatic rings. The fourth-order valence-corrected chi connectivity index (χ4v) is 3.06. The second kappa shape index (κ2) is 5.12. The van der Waals surface area contributed by atoms with Gasteiger partial charge in [-0.15, -0.1) is 0 Å². The molecule has 1 amide bonds. The first-order chi connectivity index (χ1) is 8.89. The smallest absolute Gasteiger partial charge is 0.307 e. The first-order valence-electron chi connectivity index (χ1n) is 7.14. The quantitative estimate of drug-likeness (QED) is 0.721. The van der Waals surface area contributed by atoms with Crippen LogP contribution in [0.15, 0.2) is 0 Å². The molecule has 2 aliphatic carbocycles. The van der Waals surface area contributed by atoms with Gasteiger partial charge in [0.25, 0.3) is 0 Å². The van der Waals surface area contributed by atoms with Crippen molar-refractivity contribution in [1.29, 1.82) is 0 Å². The molecule has 0 radical (unpaired) electrons. The van der Waals surface area contributed by atoms with Crippen LogP contribution in [0.1, 0.15) is 33.6 Å². The van der Waals surface area contributed by atoms with Gasteiger partial charge in [0, 0.05) is 19.1 Å². The summed E-state index contributed by atoms with van der Waals surface area (Å²) in [5, 5.41) is 11.9. The minimum absolute atomic E-state index is 0.107. The SMILES string of the molecule is CCN(CCNC(=O)[C@H]1[C@@H](C(=O)O)C1(C)C)C1CC1. The van der Waals surface area contributed by atoms with Gasteiger partial charge in [-0.25, -0.2) is 0 Å². The zero-order valence-corrected chi connectivity index (χ0v) is 12.0. The molecule has 0 unspecified atom stereocenters. The van der Waals surface area contributed by atoms with Crippen LogP contribution in [0.3, 0.4) is 0 Å². The molecule has 0 heterocycles. The normalized spacial score (nSPS) is 28.2. The number of likely N-dealkylation sites (N-methyl/N-ethyl adjacent to an activating group) is 1. The highest BCUT2D eigenvalue weighted by Gasteiger charge is 2.65. The molecule has 2 aliphatic rings. The number of carboxylic acids is 1. The van der Waals surface area contributed by atoms with E-state index in [4.69, 9.17) is 5.11 Å². The fourth-order valence-electron chi connectivity index (χ4n) is 3.06. The Morgan fingerprint density at radius 3 is 2.37 bits per heavy atom. The summed E-state index contributed by atoms with van der Waals surface area (Å²) in [6, 6.07) is 0.700. The third kappa shape index (κ3) is 2.91. The summed E-state index contributed by atoms with van der Waals surface area (Å²) in [5.41, 5.74) is -0.406. The lowest BCUT2D eigenvalue weighted by Crippen LogP contribution is -2.37. The van der Waals surface area contributed by atoms with E-state index in [-0.39, 0.29) is 11.8 Å². The Balaban J connectivity index is 1.74. The molecule has 0 spiro atoms. The van der Waals surface area contributed by atoms with Gasteiger partial charge in [-0.05, 0) is 24.8 Å². The lowest BCUT2D eigenvalue weighted by molar-refractivity contribution is -0.140. The monoisotopic (exact) mass is 268 g/mol. The minimum atomic E-state index is -0.863. The zero-order chi connectivity index (χ0) is 14.2. The fraction of sp³-hybridized carbons (Fsp3) is 0.857. The summed E-state index contributed by atoms with van der Waals surface area (Å²) in [6.45, 7) is 8.30. The first kappa shape index (κ1) is 14.3. The Bertz CT molecular complexity index is 377. The second-order valence-electron chi connectivity index (χ2n) is 6.27. The third-order valence-corrected chi connectivity index (χ3v) is 4.54. The van der Waals surface area contributed by atoms with Crippen molar-refractivity contribution >= 4 is 11.9 Å². The third-order valence-electron chi connectivity index (χ3n) is 4.54. The number of aliphatic carboxylic acids is 1. The van der Waals surface area contributed by atoms with E-state index in [9.17, 15) is 9.59 Å². The van der Waals surface area contributed by atoms with Crippen LogP contribution in [-0.4, -0.2) is 47.6 Å². The largest absolute Gasteiger partial charge is 0.481 e. The van der Waals surface area contributed by atoms with E-state index in [2.05, 4.69) is 17.1 Å². The number of nitrogens with zero attached hydrogens (tertiary/aromatic N) is 1. The predicted molar refractivity (Wildman–Crippen MR) is 71.7 cm³/mol. The lowest BCUT2D eigenvalue weighted by Gasteiger charge is -2.19. The van der Waals surface area contributed by atoms with E-state index in [0.717, 1.165) is 13.1 Å². The van der Waals surface area contributed by atoms with Gasteiger partial charge >= 0.3 is 5.97 Å². The summed E-state index contributed by atoms with van der Waals surface area (Å²) in [7, 11) is 0. The van der Waals surface area contributed by atoms with Crippen molar-refractivity contribution in [2.24, 2.45) is 17.3 Å². The zero-order valence-electron chi connectivity index (χ0n) is 12.0. The van der Waals surface area contributed by atoms with Gasteiger partial charge in [0.2, 0.25) is 5.91 Å². The van der Waals surface area contributed by atoms with Crippen LogP contribution in [0.5, 0.6) is 0 Å². The van der Waals surface area contributed by atoms with E-state index >= 15 is 0 Å². The Morgan fingerprint density at radius 2 is 1.95 bits per heavy atom. The molecule has 19 heavy (non-hydrogen) atoms. The van der Waals surface area contributed by atoms with Crippen molar-refractivity contribution in [3.05, 3.63) is 0 Å². The average Bonchev–Trinajstić information content (AvgIpc) is 3.20. The minimum Gasteiger partial charge on any atom is -0.481 e. The molecular weight excluding hydrogens is 244 g/mol. The molecule has 0 aromatic heterocycles. The second-order valence-corrected chi connectivity index (χ2v) is 6.27. The standard InChI is InChI=1S/C14H24N2O3/c1-4-16(9-5-6-9)8-7-15-12(17)10-11(13(18)19)14(10,2)3/h9-11H,4-8H2,1-3H3,(H,15,17)(H,18,19)/t10-,11+/m1/s1. The number of amides is 1. The number of carboxylic acid groups (broad SMARTS) is 1. The molecule has 2 saturated carbocycles. The number of carbonyl (C=O) groups excluding carboxylic acids is 1. The highest BCUT2D eigenvalue weighted by atomic mass is 16.4. The topological polar surface area (TPSA) is 69.6 Å². The van der Waals surface area contributed by atoms with Crippen LogP contribution in [-0.2, 0) is 9.59 Å². The molecule has 2 N–H and O–H groups in total. The van der Waals surface area contributed by atoms with Crippen molar-refractivity contribution in [2.45, 2.75) is 39.7 Å². The highest BCUT2D eigenvalue weighted by Crippen LogP contribution is 2.58. The van der Waals surface area contributed by atoms with Gasteiger partial charge in [-0.3, -0.25) is 14.5 Å². The molecule has 0 aliphatic heterocycles.